The first kappa shape index (κ1) is 25.0. The van der Waals surface area contributed by atoms with E-state index in [4.69, 9.17) is 14.2 Å². The number of guanidine groups is 1. The molecule has 6 nitrogen and oxygen atoms in total. The molecule has 0 atom stereocenters. The number of ether oxygens (including phenoxy) is 3. The van der Waals surface area contributed by atoms with Crippen LogP contribution in [-0.4, -0.2) is 53.1 Å². The summed E-state index contributed by atoms with van der Waals surface area (Å²) in [6.07, 6.45) is 3.64. The lowest BCUT2D eigenvalue weighted by molar-refractivity contribution is 0.128. The highest BCUT2D eigenvalue weighted by Crippen LogP contribution is 2.48. The lowest BCUT2D eigenvalue weighted by Gasteiger charge is -2.19. The van der Waals surface area contributed by atoms with Crippen molar-refractivity contribution in [1.82, 2.24) is 10.6 Å². The monoisotopic (exact) mass is 505 g/mol. The van der Waals surface area contributed by atoms with Crippen LogP contribution >= 0.6 is 24.0 Å². The Morgan fingerprint density at radius 1 is 1.18 bits per heavy atom. The molecule has 0 spiro atoms. The molecule has 28 heavy (non-hydrogen) atoms. The van der Waals surface area contributed by atoms with E-state index in [0.29, 0.717) is 25.2 Å². The van der Waals surface area contributed by atoms with Gasteiger partial charge in [0.1, 0.15) is 12.4 Å². The van der Waals surface area contributed by atoms with E-state index in [9.17, 15) is 0 Å². The first-order valence-electron chi connectivity index (χ1n) is 9.86. The van der Waals surface area contributed by atoms with Crippen LogP contribution in [0.4, 0.5) is 0 Å². The molecule has 0 bridgehead atoms. The van der Waals surface area contributed by atoms with Gasteiger partial charge in [0.2, 0.25) is 0 Å². The quantitative estimate of drug-likeness (QED) is 0.197. The van der Waals surface area contributed by atoms with Gasteiger partial charge in [-0.1, -0.05) is 12.1 Å². The van der Waals surface area contributed by atoms with Crippen molar-refractivity contribution in [2.75, 3.05) is 47.1 Å². The van der Waals surface area contributed by atoms with Gasteiger partial charge in [-0.05, 0) is 50.2 Å². The Labute approximate surface area is 186 Å². The number of hydrogen-bond acceptors (Lipinski definition) is 4. The summed E-state index contributed by atoms with van der Waals surface area (Å²) in [7, 11) is 3.49. The van der Waals surface area contributed by atoms with Crippen molar-refractivity contribution in [3.05, 3.63) is 29.3 Å². The van der Waals surface area contributed by atoms with Gasteiger partial charge in [0.25, 0.3) is 0 Å². The van der Waals surface area contributed by atoms with Crippen LogP contribution in [0.3, 0.4) is 0 Å². The van der Waals surface area contributed by atoms with Crippen molar-refractivity contribution >= 4 is 29.9 Å². The molecule has 0 amide bonds. The van der Waals surface area contributed by atoms with Crippen molar-refractivity contribution in [3.63, 3.8) is 0 Å². The molecule has 1 saturated carbocycles. The molecule has 1 aliphatic rings. The topological polar surface area (TPSA) is 64.1 Å². The van der Waals surface area contributed by atoms with Crippen molar-refractivity contribution in [3.8, 4) is 5.75 Å². The lowest BCUT2D eigenvalue weighted by atomic mass is 10.0. The maximum absolute atomic E-state index is 5.86. The summed E-state index contributed by atoms with van der Waals surface area (Å²) in [5, 5.41) is 6.88. The van der Waals surface area contributed by atoms with Crippen molar-refractivity contribution in [1.29, 1.82) is 0 Å². The molecule has 0 heterocycles. The summed E-state index contributed by atoms with van der Waals surface area (Å²) >= 11 is 0. The smallest absolute Gasteiger partial charge is 0.191 e. The van der Waals surface area contributed by atoms with Gasteiger partial charge in [-0.15, -0.1) is 24.0 Å². The Bertz CT molecular complexity index is 607. The van der Waals surface area contributed by atoms with E-state index >= 15 is 0 Å². The van der Waals surface area contributed by atoms with Crippen LogP contribution < -0.4 is 15.4 Å². The maximum Gasteiger partial charge on any atom is 0.191 e. The predicted molar refractivity (Wildman–Crippen MR) is 125 cm³/mol. The molecule has 1 fully saturated rings. The fraction of sp³-hybridized carbons (Fsp3) is 0.667. The number of nitrogens with one attached hydrogen (secondary N) is 2. The van der Waals surface area contributed by atoms with E-state index in [2.05, 4.69) is 40.7 Å². The second-order valence-corrected chi connectivity index (χ2v) is 7.18. The Balaban J connectivity index is 0.00000392. The third-order valence-electron chi connectivity index (χ3n) is 5.01. The highest BCUT2D eigenvalue weighted by atomic mass is 127. The summed E-state index contributed by atoms with van der Waals surface area (Å²) in [5.74, 6) is 1.71. The molecule has 1 aliphatic carbocycles. The average molecular weight is 505 g/mol. The van der Waals surface area contributed by atoms with Gasteiger partial charge >= 0.3 is 0 Å². The molecule has 2 rings (SSSR count). The highest BCUT2D eigenvalue weighted by molar-refractivity contribution is 14.0. The van der Waals surface area contributed by atoms with Crippen LogP contribution in [0.2, 0.25) is 0 Å². The molecule has 0 radical (unpaired) electrons. The van der Waals surface area contributed by atoms with Crippen LogP contribution in [-0.2, 0) is 16.0 Å². The zero-order chi connectivity index (χ0) is 19.5. The standard InChI is InChI=1S/C21H35N3O3.HI/c1-5-26-11-10-21(8-9-21)16-24-20(22-3)23-15-18-7-6-17(2)14-19(18)27-13-12-25-4;/h6-7,14H,5,8-13,15-16H2,1-4H3,(H2,22,23,24);1H. The molecular weight excluding hydrogens is 469 g/mol. The number of benzene rings is 1. The Kier molecular flexibility index (Phi) is 11.8. The Morgan fingerprint density at radius 2 is 1.96 bits per heavy atom. The van der Waals surface area contributed by atoms with Gasteiger partial charge in [0, 0.05) is 46.0 Å². The van der Waals surface area contributed by atoms with E-state index in [1.54, 1.807) is 14.2 Å². The van der Waals surface area contributed by atoms with Gasteiger partial charge in [-0.2, -0.15) is 0 Å². The van der Waals surface area contributed by atoms with Gasteiger partial charge < -0.3 is 24.8 Å². The number of hydrogen-bond donors (Lipinski definition) is 2. The van der Waals surface area contributed by atoms with E-state index < -0.39 is 0 Å². The molecule has 160 valence electrons. The number of methoxy groups -OCH3 is 1. The minimum Gasteiger partial charge on any atom is -0.491 e. The number of aryl methyl sites for hydroxylation is 1. The maximum atomic E-state index is 5.86. The number of rotatable bonds is 12. The number of nitrogens with zero attached hydrogens (tertiary/aromatic N) is 1. The Hall–Kier alpha value is -1.06. The van der Waals surface area contributed by atoms with Crippen LogP contribution in [0.5, 0.6) is 5.75 Å². The van der Waals surface area contributed by atoms with Crippen molar-refractivity contribution in [2.45, 2.75) is 39.7 Å². The largest absolute Gasteiger partial charge is 0.491 e. The second kappa shape index (κ2) is 13.2. The molecule has 0 saturated heterocycles. The molecule has 7 heteroatoms. The van der Waals surface area contributed by atoms with Gasteiger partial charge in [-0.25, -0.2) is 0 Å². The molecule has 0 aliphatic heterocycles. The fourth-order valence-electron chi connectivity index (χ4n) is 2.97. The summed E-state index contributed by atoms with van der Waals surface area (Å²) < 4.78 is 16.5. The second-order valence-electron chi connectivity index (χ2n) is 7.18. The third kappa shape index (κ3) is 8.53. The summed E-state index contributed by atoms with van der Waals surface area (Å²) in [4.78, 5) is 4.36. The lowest BCUT2D eigenvalue weighted by Crippen LogP contribution is -2.40. The van der Waals surface area contributed by atoms with Crippen LogP contribution in [0, 0.1) is 12.3 Å². The van der Waals surface area contributed by atoms with E-state index in [1.165, 1.54) is 18.4 Å². The van der Waals surface area contributed by atoms with E-state index in [0.717, 1.165) is 43.5 Å². The third-order valence-corrected chi connectivity index (χ3v) is 5.01. The summed E-state index contributed by atoms with van der Waals surface area (Å²) in [6.45, 7) is 8.46. The SMILES string of the molecule is CCOCCC1(CNC(=NC)NCc2ccc(C)cc2OCCOC)CC1.I. The first-order valence-corrected chi connectivity index (χ1v) is 9.86. The molecule has 1 aromatic carbocycles. The van der Waals surface area contributed by atoms with Crippen LogP contribution in [0.1, 0.15) is 37.3 Å². The van der Waals surface area contributed by atoms with Gasteiger partial charge in [0.05, 0.1) is 6.61 Å². The molecule has 0 unspecified atom stereocenters. The zero-order valence-corrected chi connectivity index (χ0v) is 20.0. The van der Waals surface area contributed by atoms with Crippen molar-refractivity contribution in [2.24, 2.45) is 10.4 Å². The molecule has 2 N–H and O–H groups in total. The zero-order valence-electron chi connectivity index (χ0n) is 17.7. The van der Waals surface area contributed by atoms with Crippen LogP contribution in [0.15, 0.2) is 23.2 Å². The normalized spacial score (nSPS) is 14.9. The summed E-state index contributed by atoms with van der Waals surface area (Å²) in [6, 6.07) is 6.27. The fourth-order valence-corrected chi connectivity index (χ4v) is 2.97. The molecule has 0 aromatic heterocycles. The average Bonchev–Trinajstić information content (AvgIpc) is 3.44. The summed E-state index contributed by atoms with van der Waals surface area (Å²) in [5.41, 5.74) is 2.67. The first-order chi connectivity index (χ1) is 13.1. The highest BCUT2D eigenvalue weighted by Gasteiger charge is 2.41. The van der Waals surface area contributed by atoms with Crippen LogP contribution in [0.25, 0.3) is 0 Å². The van der Waals surface area contributed by atoms with E-state index in [1.807, 2.05) is 6.92 Å². The predicted octanol–water partition coefficient (Wildman–Crippen LogP) is 3.51. The molecular formula is C21H36IN3O3. The minimum atomic E-state index is 0. The Morgan fingerprint density at radius 3 is 2.61 bits per heavy atom. The number of aliphatic imine (C=N–C) groups is 1. The number of halogens is 1. The van der Waals surface area contributed by atoms with Gasteiger partial charge in [-0.3, -0.25) is 4.99 Å². The van der Waals surface area contributed by atoms with Gasteiger partial charge in [0.15, 0.2) is 5.96 Å². The minimum absolute atomic E-state index is 0. The van der Waals surface area contributed by atoms with Crippen molar-refractivity contribution < 1.29 is 14.2 Å². The van der Waals surface area contributed by atoms with E-state index in [-0.39, 0.29) is 24.0 Å². The molecule has 1 aromatic rings.